The van der Waals surface area contributed by atoms with Gasteiger partial charge in [-0.3, -0.25) is 0 Å². The van der Waals surface area contributed by atoms with Gasteiger partial charge in [-0.15, -0.1) is 0 Å². The molecule has 1 unspecified atom stereocenters. The summed E-state index contributed by atoms with van der Waals surface area (Å²) in [5.74, 6) is 3.21. The second-order valence-electron chi connectivity index (χ2n) is 16.5. The first-order valence-corrected chi connectivity index (χ1v) is 17.2. The van der Waals surface area contributed by atoms with E-state index in [0.717, 1.165) is 41.1 Å². The van der Waals surface area contributed by atoms with Crippen molar-refractivity contribution in [2.75, 3.05) is 0 Å². The van der Waals surface area contributed by atoms with Crippen LogP contribution in [0.1, 0.15) is 94.9 Å². The third-order valence-electron chi connectivity index (χ3n) is 11.9. The van der Waals surface area contributed by atoms with E-state index in [1.807, 2.05) is 0 Å². The number of ether oxygens (including phenoxy) is 1. The molecule has 5 heterocycles. The van der Waals surface area contributed by atoms with E-state index in [2.05, 4.69) is 159 Å². The molecule has 3 aliphatic heterocycles. The van der Waals surface area contributed by atoms with Gasteiger partial charge in [0.2, 0.25) is 11.2 Å². The minimum Gasteiger partial charge on any atom is -0.448 e. The molecule has 47 heavy (non-hydrogen) atoms. The Balaban J connectivity index is 1.45. The van der Waals surface area contributed by atoms with Crippen LogP contribution in [0.25, 0.3) is 33.7 Å². The third-order valence-corrected chi connectivity index (χ3v) is 11.9. The van der Waals surface area contributed by atoms with Crippen LogP contribution in [0.15, 0.2) is 97.2 Å². The van der Waals surface area contributed by atoms with E-state index in [0.29, 0.717) is 0 Å². The molecule has 0 fully saturated rings. The van der Waals surface area contributed by atoms with Crippen molar-refractivity contribution in [3.63, 3.8) is 0 Å². The summed E-state index contributed by atoms with van der Waals surface area (Å²) in [4.78, 5) is 0. The van der Waals surface area contributed by atoms with Gasteiger partial charge in [-0.25, -0.2) is 0 Å². The number of fused-ring (bicyclic) bond motifs is 9. The van der Waals surface area contributed by atoms with Gasteiger partial charge in [-0.1, -0.05) is 84.9 Å². The summed E-state index contributed by atoms with van der Waals surface area (Å²) in [5, 5.41) is 0. The monoisotopic (exact) mass is 615 g/mol. The normalized spacial score (nSPS) is 20.2. The molecule has 1 atom stereocenters. The second-order valence-corrected chi connectivity index (χ2v) is 16.5. The lowest BCUT2D eigenvalue weighted by molar-refractivity contribution is -0.733. The van der Waals surface area contributed by atoms with E-state index in [9.17, 15) is 0 Å². The Kier molecular flexibility index (Phi) is 4.91. The first kappa shape index (κ1) is 27.4. The average Bonchev–Trinajstić information content (AvgIpc) is 3.65. The SMILES string of the molecule is CC(C)(C)c1ccc(-n2c3[n+]4c5c(cccc52)Oc2c-4c(cc4c2C(C)(C)CCC4(C)C)C32c3ccccc3-c3cccc[n+]32)cc1. The number of pyridine rings is 1. The Labute approximate surface area is 276 Å². The fourth-order valence-corrected chi connectivity index (χ4v) is 9.41. The van der Waals surface area contributed by atoms with Gasteiger partial charge in [0, 0.05) is 17.7 Å². The number of hydrogen-bond acceptors (Lipinski definition) is 1. The molecule has 4 aromatic carbocycles. The van der Waals surface area contributed by atoms with Crippen molar-refractivity contribution in [2.24, 2.45) is 0 Å². The van der Waals surface area contributed by atoms with E-state index in [-0.39, 0.29) is 16.2 Å². The topological polar surface area (TPSA) is 21.9 Å². The number of imidazole rings is 1. The molecule has 0 N–H and O–H groups in total. The lowest BCUT2D eigenvalue weighted by atomic mass is 9.61. The van der Waals surface area contributed by atoms with Gasteiger partial charge in [0.05, 0.1) is 16.7 Å². The zero-order valence-corrected chi connectivity index (χ0v) is 28.4. The highest BCUT2D eigenvalue weighted by atomic mass is 16.5. The number of rotatable bonds is 1. The fourth-order valence-electron chi connectivity index (χ4n) is 9.41. The summed E-state index contributed by atoms with van der Waals surface area (Å²) in [6.45, 7) is 16.5. The van der Waals surface area contributed by atoms with Crippen molar-refractivity contribution in [3.05, 3.63) is 131 Å². The minimum absolute atomic E-state index is 0.0128. The highest BCUT2D eigenvalue weighted by Gasteiger charge is 2.70. The van der Waals surface area contributed by atoms with Gasteiger partial charge in [0.15, 0.2) is 28.9 Å². The molecule has 10 rings (SSSR count). The van der Waals surface area contributed by atoms with Crippen molar-refractivity contribution in [3.8, 4) is 34.1 Å². The zero-order valence-electron chi connectivity index (χ0n) is 28.4. The van der Waals surface area contributed by atoms with Crippen LogP contribution in [0.2, 0.25) is 0 Å². The predicted molar refractivity (Wildman–Crippen MR) is 186 cm³/mol. The van der Waals surface area contributed by atoms with Crippen LogP contribution < -0.4 is 13.9 Å². The quantitative estimate of drug-likeness (QED) is 0.169. The number of hydrogen-bond donors (Lipinski definition) is 0. The van der Waals surface area contributed by atoms with Crippen LogP contribution >= 0.6 is 0 Å². The predicted octanol–water partition coefficient (Wildman–Crippen LogP) is 9.08. The van der Waals surface area contributed by atoms with Crippen LogP contribution in [0.5, 0.6) is 11.5 Å². The number of aromatic nitrogens is 3. The summed E-state index contributed by atoms with van der Waals surface area (Å²) < 4.78 is 14.9. The standard InChI is InChI=1S/C43H41N3O/c1-40(2,3)26-18-20-27(21-19-26)45-33-16-12-17-34-37(33)46-36-31(25-30-35(38(36)47-34)42(6,7)23-22-41(30,4)5)43(39(45)46)29-14-9-8-13-28(29)32-15-10-11-24-44(32)43/h8-21,24-25H,22-23H2,1-7H3/q+2. The Morgan fingerprint density at radius 3 is 2.28 bits per heavy atom. The Morgan fingerprint density at radius 2 is 1.49 bits per heavy atom. The Hall–Kier alpha value is -4.70. The summed E-state index contributed by atoms with van der Waals surface area (Å²) in [6.07, 6.45) is 4.57. The molecule has 4 nitrogen and oxygen atoms in total. The molecule has 0 saturated carbocycles. The van der Waals surface area contributed by atoms with E-state index < -0.39 is 5.54 Å². The minimum atomic E-state index is -0.601. The van der Waals surface area contributed by atoms with Crippen LogP contribution in [-0.2, 0) is 21.8 Å². The molecule has 4 aliphatic rings. The Morgan fingerprint density at radius 1 is 0.745 bits per heavy atom. The lowest BCUT2D eigenvalue weighted by Gasteiger charge is -2.43. The molecule has 0 amide bonds. The van der Waals surface area contributed by atoms with Crippen LogP contribution in [0.3, 0.4) is 0 Å². The molecule has 1 aliphatic carbocycles. The van der Waals surface area contributed by atoms with E-state index in [1.165, 1.54) is 50.6 Å². The molecule has 1 spiro atoms. The van der Waals surface area contributed by atoms with Crippen molar-refractivity contribution in [1.29, 1.82) is 0 Å². The van der Waals surface area contributed by atoms with Crippen LogP contribution in [0, 0.1) is 0 Å². The van der Waals surface area contributed by atoms with E-state index in [4.69, 9.17) is 4.74 Å². The third kappa shape index (κ3) is 3.15. The molecule has 4 heteroatoms. The number of para-hydroxylation sites is 1. The first-order valence-electron chi connectivity index (χ1n) is 17.2. The number of nitrogens with zero attached hydrogens (tertiary/aromatic N) is 3. The fraction of sp³-hybridized carbons (Fsp3) is 0.302. The van der Waals surface area contributed by atoms with Crippen molar-refractivity contribution in [1.82, 2.24) is 4.57 Å². The Bertz CT molecular complexity index is 2320. The van der Waals surface area contributed by atoms with Crippen molar-refractivity contribution < 1.29 is 13.9 Å². The average molecular weight is 616 g/mol. The summed E-state index contributed by atoms with van der Waals surface area (Å²) >= 11 is 0. The maximum Gasteiger partial charge on any atom is 0.352 e. The molecule has 0 bridgehead atoms. The van der Waals surface area contributed by atoms with Gasteiger partial charge in [0.25, 0.3) is 0 Å². The van der Waals surface area contributed by atoms with Gasteiger partial charge in [0.1, 0.15) is 5.69 Å². The van der Waals surface area contributed by atoms with Crippen molar-refractivity contribution in [2.45, 2.75) is 83.1 Å². The van der Waals surface area contributed by atoms with Gasteiger partial charge >= 0.3 is 11.4 Å². The summed E-state index contributed by atoms with van der Waals surface area (Å²) in [6, 6.07) is 34.2. The second kappa shape index (κ2) is 8.41. The van der Waals surface area contributed by atoms with E-state index >= 15 is 0 Å². The zero-order chi connectivity index (χ0) is 32.2. The van der Waals surface area contributed by atoms with Gasteiger partial charge in [-0.05, 0) is 82.7 Å². The molecule has 2 aromatic heterocycles. The highest BCUT2D eigenvalue weighted by molar-refractivity contribution is 5.87. The molecule has 6 aromatic rings. The molecule has 0 radical (unpaired) electrons. The maximum atomic E-state index is 7.24. The molecular weight excluding hydrogens is 574 g/mol. The molecule has 0 saturated heterocycles. The summed E-state index contributed by atoms with van der Waals surface area (Å²) in [7, 11) is 0. The first-order chi connectivity index (χ1) is 22.4. The largest absolute Gasteiger partial charge is 0.448 e. The van der Waals surface area contributed by atoms with E-state index in [1.54, 1.807) is 0 Å². The smallest absolute Gasteiger partial charge is 0.352 e. The van der Waals surface area contributed by atoms with Crippen LogP contribution in [0.4, 0.5) is 0 Å². The number of benzene rings is 4. The van der Waals surface area contributed by atoms with Crippen molar-refractivity contribution >= 4 is 11.0 Å². The van der Waals surface area contributed by atoms with Gasteiger partial charge < -0.3 is 4.74 Å². The molecular formula is C43H41N3O+2. The summed E-state index contributed by atoms with van der Waals surface area (Å²) in [5.41, 5.74) is 13.4. The maximum absolute atomic E-state index is 7.24. The lowest BCUT2D eigenvalue weighted by Crippen LogP contribution is -2.57. The van der Waals surface area contributed by atoms with Gasteiger partial charge in [-0.2, -0.15) is 13.7 Å². The van der Waals surface area contributed by atoms with Crippen LogP contribution in [-0.4, -0.2) is 4.57 Å². The highest BCUT2D eigenvalue weighted by Crippen LogP contribution is 2.60. The molecule has 232 valence electrons.